The lowest BCUT2D eigenvalue weighted by molar-refractivity contribution is -0.128. The molecule has 19 heavy (non-hydrogen) atoms. The van der Waals surface area contributed by atoms with E-state index in [0.29, 0.717) is 12.3 Å². The van der Waals surface area contributed by atoms with Gasteiger partial charge in [0.05, 0.1) is 0 Å². The van der Waals surface area contributed by atoms with Gasteiger partial charge in [-0.3, -0.25) is 4.79 Å². The van der Waals surface area contributed by atoms with Crippen LogP contribution in [0.3, 0.4) is 0 Å². The van der Waals surface area contributed by atoms with E-state index in [1.54, 1.807) is 0 Å². The zero-order valence-electron chi connectivity index (χ0n) is 10.8. The maximum atomic E-state index is 12.1. The first-order valence-electron chi connectivity index (χ1n) is 6.69. The van der Waals surface area contributed by atoms with E-state index < -0.39 is 0 Å². The Bertz CT molecular complexity index is 550. The lowest BCUT2D eigenvalue weighted by atomic mass is 9.99. The van der Waals surface area contributed by atoms with Gasteiger partial charge in [0.2, 0.25) is 5.91 Å². The molecule has 0 saturated carbocycles. The highest BCUT2D eigenvalue weighted by Gasteiger charge is 2.30. The second-order valence-corrected chi connectivity index (χ2v) is 5.07. The van der Waals surface area contributed by atoms with Crippen LogP contribution < -0.4 is 0 Å². The second-order valence-electron chi connectivity index (χ2n) is 5.07. The number of rotatable bonds is 3. The lowest BCUT2D eigenvalue weighted by Crippen LogP contribution is -2.24. The molecule has 1 aliphatic heterocycles. The summed E-state index contributed by atoms with van der Waals surface area (Å²) in [6, 6.07) is 20.5. The smallest absolute Gasteiger partial charge is 0.223 e. The van der Waals surface area contributed by atoms with Crippen LogP contribution >= 0.6 is 0 Å². The van der Waals surface area contributed by atoms with Gasteiger partial charge in [-0.1, -0.05) is 60.7 Å². The van der Waals surface area contributed by atoms with Crippen molar-refractivity contribution in [2.45, 2.75) is 18.9 Å². The van der Waals surface area contributed by atoms with Crippen LogP contribution in [0.2, 0.25) is 0 Å². The van der Waals surface area contributed by atoms with Gasteiger partial charge in [0, 0.05) is 25.4 Å². The molecule has 1 atom stereocenters. The molecule has 1 heterocycles. The largest absolute Gasteiger partial charge is 0.338 e. The molecule has 2 aromatic rings. The van der Waals surface area contributed by atoms with Crippen LogP contribution in [0.1, 0.15) is 23.5 Å². The average Bonchev–Trinajstić information content (AvgIpc) is 2.82. The molecule has 1 saturated heterocycles. The van der Waals surface area contributed by atoms with Crippen LogP contribution in [0.15, 0.2) is 60.7 Å². The summed E-state index contributed by atoms with van der Waals surface area (Å²) in [5.41, 5.74) is 2.47. The van der Waals surface area contributed by atoms with E-state index >= 15 is 0 Å². The minimum Gasteiger partial charge on any atom is -0.338 e. The van der Waals surface area contributed by atoms with E-state index in [2.05, 4.69) is 24.3 Å². The summed E-state index contributed by atoms with van der Waals surface area (Å²) in [6.45, 7) is 1.56. The summed E-state index contributed by atoms with van der Waals surface area (Å²) in [5, 5.41) is 0. The zero-order chi connectivity index (χ0) is 13.1. The van der Waals surface area contributed by atoms with Crippen LogP contribution in [0, 0.1) is 0 Å². The summed E-state index contributed by atoms with van der Waals surface area (Å²) < 4.78 is 0. The number of hydrogen-bond acceptors (Lipinski definition) is 1. The zero-order valence-corrected chi connectivity index (χ0v) is 10.8. The quantitative estimate of drug-likeness (QED) is 0.820. The number of likely N-dealkylation sites (tertiary alicyclic amines) is 1. The number of carbonyl (C=O) groups excluding carboxylic acids is 1. The summed E-state index contributed by atoms with van der Waals surface area (Å²) >= 11 is 0. The Morgan fingerprint density at radius 1 is 0.947 bits per heavy atom. The van der Waals surface area contributed by atoms with Crippen LogP contribution in [-0.2, 0) is 11.3 Å². The molecule has 0 spiro atoms. The Hall–Kier alpha value is -2.09. The molecule has 0 aliphatic carbocycles. The summed E-state index contributed by atoms with van der Waals surface area (Å²) in [4.78, 5) is 14.1. The number of hydrogen-bond donors (Lipinski definition) is 0. The fourth-order valence-corrected chi connectivity index (χ4v) is 2.68. The molecule has 2 heteroatoms. The number of amides is 1. The van der Waals surface area contributed by atoms with Crippen LogP contribution in [-0.4, -0.2) is 17.4 Å². The third-order valence-corrected chi connectivity index (χ3v) is 3.70. The van der Waals surface area contributed by atoms with Gasteiger partial charge in [0.15, 0.2) is 0 Å². The molecule has 0 bridgehead atoms. The molecule has 2 aromatic carbocycles. The van der Waals surface area contributed by atoms with Gasteiger partial charge in [0.1, 0.15) is 0 Å². The van der Waals surface area contributed by atoms with Gasteiger partial charge in [-0.15, -0.1) is 0 Å². The van der Waals surface area contributed by atoms with Crippen molar-refractivity contribution < 1.29 is 4.79 Å². The van der Waals surface area contributed by atoms with Crippen LogP contribution in [0.4, 0.5) is 0 Å². The first kappa shape index (κ1) is 12.0. The minimum absolute atomic E-state index is 0.262. The van der Waals surface area contributed by atoms with E-state index in [9.17, 15) is 4.79 Å². The monoisotopic (exact) mass is 251 g/mol. The van der Waals surface area contributed by atoms with Gasteiger partial charge >= 0.3 is 0 Å². The highest BCUT2D eigenvalue weighted by Crippen LogP contribution is 2.28. The van der Waals surface area contributed by atoms with Crippen LogP contribution in [0.5, 0.6) is 0 Å². The SMILES string of the molecule is O=C1C[C@H](c2ccccc2)CN1Cc1ccccc1. The molecule has 1 fully saturated rings. The fourth-order valence-electron chi connectivity index (χ4n) is 2.68. The van der Waals surface area contributed by atoms with Crippen molar-refractivity contribution >= 4 is 5.91 Å². The van der Waals surface area contributed by atoms with Gasteiger partial charge in [-0.25, -0.2) is 0 Å². The molecule has 1 amide bonds. The first-order valence-corrected chi connectivity index (χ1v) is 6.69. The van der Waals surface area contributed by atoms with Gasteiger partial charge < -0.3 is 4.90 Å². The van der Waals surface area contributed by atoms with Gasteiger partial charge in [-0.2, -0.15) is 0 Å². The van der Waals surface area contributed by atoms with Crippen LogP contribution in [0.25, 0.3) is 0 Å². The Morgan fingerprint density at radius 3 is 2.26 bits per heavy atom. The lowest BCUT2D eigenvalue weighted by Gasteiger charge is -2.16. The molecule has 96 valence electrons. The predicted molar refractivity (Wildman–Crippen MR) is 75.7 cm³/mol. The van der Waals surface area contributed by atoms with Crippen molar-refractivity contribution in [3.05, 3.63) is 71.8 Å². The first-order chi connectivity index (χ1) is 9.33. The highest BCUT2D eigenvalue weighted by molar-refractivity contribution is 5.79. The summed E-state index contributed by atoms with van der Waals surface area (Å²) in [5.74, 6) is 0.607. The molecular weight excluding hydrogens is 234 g/mol. The summed E-state index contributed by atoms with van der Waals surface area (Å²) in [6.07, 6.45) is 0.636. The topological polar surface area (TPSA) is 20.3 Å². The van der Waals surface area contributed by atoms with Crippen molar-refractivity contribution in [1.82, 2.24) is 4.90 Å². The third-order valence-electron chi connectivity index (χ3n) is 3.70. The average molecular weight is 251 g/mol. The number of nitrogens with zero attached hydrogens (tertiary/aromatic N) is 1. The Balaban J connectivity index is 1.71. The maximum Gasteiger partial charge on any atom is 0.223 e. The maximum absolute atomic E-state index is 12.1. The molecule has 1 aliphatic rings. The van der Waals surface area contributed by atoms with E-state index in [0.717, 1.165) is 13.1 Å². The van der Waals surface area contributed by atoms with E-state index in [-0.39, 0.29) is 5.91 Å². The Labute approximate surface area is 113 Å². The molecule has 0 N–H and O–H groups in total. The number of benzene rings is 2. The highest BCUT2D eigenvalue weighted by atomic mass is 16.2. The third kappa shape index (κ3) is 2.68. The van der Waals surface area contributed by atoms with Gasteiger partial charge in [0.25, 0.3) is 0 Å². The molecule has 0 radical (unpaired) electrons. The van der Waals surface area contributed by atoms with E-state index in [1.807, 2.05) is 41.3 Å². The Morgan fingerprint density at radius 2 is 1.58 bits per heavy atom. The number of carbonyl (C=O) groups is 1. The Kier molecular flexibility index (Phi) is 3.32. The van der Waals surface area contributed by atoms with E-state index in [1.165, 1.54) is 11.1 Å². The normalized spacial score (nSPS) is 18.8. The molecule has 0 unspecified atom stereocenters. The van der Waals surface area contributed by atoms with E-state index in [4.69, 9.17) is 0 Å². The summed E-state index contributed by atoms with van der Waals surface area (Å²) in [7, 11) is 0. The van der Waals surface area contributed by atoms with Crippen molar-refractivity contribution in [2.75, 3.05) is 6.54 Å². The standard InChI is InChI=1S/C17H17NO/c19-17-11-16(15-9-5-2-6-10-15)13-18(17)12-14-7-3-1-4-8-14/h1-10,16H,11-13H2/t16-/m0/s1. The van der Waals surface area contributed by atoms with Crippen molar-refractivity contribution in [3.63, 3.8) is 0 Å². The molecule has 2 nitrogen and oxygen atoms in total. The minimum atomic E-state index is 0.262. The van der Waals surface area contributed by atoms with Crippen molar-refractivity contribution in [2.24, 2.45) is 0 Å². The molecular formula is C17H17NO. The van der Waals surface area contributed by atoms with Crippen molar-refractivity contribution in [1.29, 1.82) is 0 Å². The van der Waals surface area contributed by atoms with Gasteiger partial charge in [-0.05, 0) is 11.1 Å². The second kappa shape index (κ2) is 5.27. The fraction of sp³-hybridized carbons (Fsp3) is 0.235. The predicted octanol–water partition coefficient (Wildman–Crippen LogP) is 3.20. The molecule has 0 aromatic heterocycles. The molecule has 3 rings (SSSR count). The van der Waals surface area contributed by atoms with Crippen molar-refractivity contribution in [3.8, 4) is 0 Å².